The molecule has 0 radical (unpaired) electrons. The zero-order valence-corrected chi connectivity index (χ0v) is 12.5. The Morgan fingerprint density at radius 2 is 2.19 bits per heavy atom. The van der Waals surface area contributed by atoms with Crippen LogP contribution in [0.5, 0.6) is 0 Å². The Hall–Kier alpha value is -1.80. The molecule has 8 nitrogen and oxygen atoms in total. The Labute approximate surface area is 123 Å². The van der Waals surface area contributed by atoms with Crippen LogP contribution in [0.2, 0.25) is 0 Å². The van der Waals surface area contributed by atoms with Crippen molar-refractivity contribution in [3.05, 3.63) is 12.0 Å². The van der Waals surface area contributed by atoms with E-state index in [1.54, 1.807) is 0 Å². The number of nitrogens with one attached hydrogen (secondary N) is 1. The molecule has 1 fully saturated rings. The molecular formula is C13H21N7O. The zero-order valence-electron chi connectivity index (χ0n) is 12.5. The first-order chi connectivity index (χ1) is 10.3. The lowest BCUT2D eigenvalue weighted by molar-refractivity contribution is 0.303. The molecule has 0 bridgehead atoms. The highest BCUT2D eigenvalue weighted by Crippen LogP contribution is 2.17. The van der Waals surface area contributed by atoms with Gasteiger partial charge in [0.25, 0.3) is 5.89 Å². The molecule has 1 N–H and O–H groups in total. The normalized spacial score (nSPS) is 15.6. The predicted molar refractivity (Wildman–Crippen MR) is 76.7 cm³/mol. The van der Waals surface area contributed by atoms with E-state index < -0.39 is 0 Å². The molecule has 114 valence electrons. The second-order valence-corrected chi connectivity index (χ2v) is 5.19. The summed E-state index contributed by atoms with van der Waals surface area (Å²) in [5.41, 5.74) is 0.642. The molecule has 21 heavy (non-hydrogen) atoms. The predicted octanol–water partition coefficient (Wildman–Crippen LogP) is 0.357. The number of likely N-dealkylation sites (N-methyl/N-ethyl adjacent to an activating group) is 1. The molecule has 0 aromatic carbocycles. The lowest BCUT2D eigenvalue weighted by Crippen LogP contribution is -2.43. The summed E-state index contributed by atoms with van der Waals surface area (Å²) in [5, 5.41) is 15.4. The minimum absolute atomic E-state index is 0.385. The first-order valence-electron chi connectivity index (χ1n) is 7.48. The van der Waals surface area contributed by atoms with Gasteiger partial charge in [0, 0.05) is 26.1 Å². The first-order valence-corrected chi connectivity index (χ1v) is 7.48. The molecule has 1 aliphatic rings. The van der Waals surface area contributed by atoms with Crippen LogP contribution in [0.3, 0.4) is 0 Å². The summed E-state index contributed by atoms with van der Waals surface area (Å²) in [5.74, 6) is 1.17. The number of hydrogen-bond acceptors (Lipinski definition) is 7. The molecule has 0 aliphatic carbocycles. The number of rotatable bonds is 7. The van der Waals surface area contributed by atoms with Crippen molar-refractivity contribution in [1.82, 2.24) is 35.4 Å². The molecule has 2 aromatic rings. The van der Waals surface area contributed by atoms with Gasteiger partial charge in [-0.3, -0.25) is 0 Å². The summed E-state index contributed by atoms with van der Waals surface area (Å²) in [7, 11) is 0. The number of hydrogen-bond donors (Lipinski definition) is 1. The summed E-state index contributed by atoms with van der Waals surface area (Å²) in [4.78, 5) is 6.73. The van der Waals surface area contributed by atoms with E-state index >= 15 is 0 Å². The maximum Gasteiger partial charge on any atom is 0.280 e. The topological polar surface area (TPSA) is 84.9 Å². The molecule has 3 heterocycles. The summed E-state index contributed by atoms with van der Waals surface area (Å²) in [6.07, 6.45) is 2.65. The van der Waals surface area contributed by atoms with E-state index in [-0.39, 0.29) is 0 Å². The largest absolute Gasteiger partial charge is 0.332 e. The SMILES string of the molecule is CCN(CC)CCc1noc(-c2cn(C3CNC3)nn2)n1. The van der Waals surface area contributed by atoms with Gasteiger partial charge in [-0.25, -0.2) is 4.68 Å². The molecule has 8 heteroatoms. The molecule has 0 spiro atoms. The van der Waals surface area contributed by atoms with Crippen molar-refractivity contribution < 1.29 is 4.52 Å². The first kappa shape index (κ1) is 14.2. The highest BCUT2D eigenvalue weighted by molar-refractivity contribution is 5.43. The highest BCUT2D eigenvalue weighted by Gasteiger charge is 2.21. The van der Waals surface area contributed by atoms with Crippen LogP contribution in [-0.2, 0) is 6.42 Å². The Bertz CT molecular complexity index is 571. The molecule has 1 saturated heterocycles. The second-order valence-electron chi connectivity index (χ2n) is 5.19. The highest BCUT2D eigenvalue weighted by atomic mass is 16.5. The van der Waals surface area contributed by atoms with Gasteiger partial charge in [-0.05, 0) is 13.1 Å². The van der Waals surface area contributed by atoms with Crippen molar-refractivity contribution in [3.63, 3.8) is 0 Å². The number of nitrogens with zero attached hydrogens (tertiary/aromatic N) is 6. The van der Waals surface area contributed by atoms with Gasteiger partial charge in [-0.2, -0.15) is 4.98 Å². The van der Waals surface area contributed by atoms with Gasteiger partial charge >= 0.3 is 0 Å². The smallest absolute Gasteiger partial charge is 0.280 e. The average Bonchev–Trinajstić information content (AvgIpc) is 3.07. The van der Waals surface area contributed by atoms with Crippen LogP contribution in [-0.4, -0.2) is 62.8 Å². The van der Waals surface area contributed by atoms with Crippen LogP contribution in [0.15, 0.2) is 10.7 Å². The molecule has 1 aliphatic heterocycles. The summed E-state index contributed by atoms with van der Waals surface area (Å²) < 4.78 is 7.14. The molecule has 0 unspecified atom stereocenters. The second kappa shape index (κ2) is 6.31. The molecular weight excluding hydrogens is 270 g/mol. The van der Waals surface area contributed by atoms with Crippen molar-refractivity contribution in [2.45, 2.75) is 26.3 Å². The molecule has 3 rings (SSSR count). The summed E-state index contributed by atoms with van der Waals surface area (Å²) in [6.45, 7) is 9.17. The third kappa shape index (κ3) is 3.11. The van der Waals surface area contributed by atoms with Crippen LogP contribution in [0, 0.1) is 0 Å². The number of aromatic nitrogens is 5. The summed E-state index contributed by atoms with van der Waals surface area (Å²) in [6, 6.07) is 0.385. The zero-order chi connectivity index (χ0) is 14.7. The van der Waals surface area contributed by atoms with E-state index in [1.807, 2.05) is 10.9 Å². The Morgan fingerprint density at radius 1 is 1.38 bits per heavy atom. The van der Waals surface area contributed by atoms with Crippen molar-refractivity contribution in [2.75, 3.05) is 32.7 Å². The Kier molecular flexibility index (Phi) is 4.26. The Morgan fingerprint density at radius 3 is 2.86 bits per heavy atom. The van der Waals surface area contributed by atoms with Crippen molar-refractivity contribution >= 4 is 0 Å². The van der Waals surface area contributed by atoms with E-state index in [9.17, 15) is 0 Å². The van der Waals surface area contributed by atoms with Crippen LogP contribution in [0.4, 0.5) is 0 Å². The molecule has 0 atom stereocenters. The summed E-state index contributed by atoms with van der Waals surface area (Å²) >= 11 is 0. The van der Waals surface area contributed by atoms with Gasteiger partial charge in [0.05, 0.1) is 12.2 Å². The van der Waals surface area contributed by atoms with Crippen LogP contribution in [0.25, 0.3) is 11.6 Å². The fraction of sp³-hybridized carbons (Fsp3) is 0.692. The maximum atomic E-state index is 5.28. The lowest BCUT2D eigenvalue weighted by Gasteiger charge is -2.26. The van der Waals surface area contributed by atoms with Gasteiger partial charge in [0.1, 0.15) is 0 Å². The van der Waals surface area contributed by atoms with Crippen LogP contribution < -0.4 is 5.32 Å². The Balaban J connectivity index is 1.62. The standard InChI is InChI=1S/C13H21N7O/c1-3-19(4-2)6-5-12-15-13(21-17-12)11-9-20(18-16-11)10-7-14-8-10/h9-10,14H,3-8H2,1-2H3. The van der Waals surface area contributed by atoms with Gasteiger partial charge in [0.2, 0.25) is 0 Å². The minimum atomic E-state index is 0.385. The molecule has 0 saturated carbocycles. The van der Waals surface area contributed by atoms with Crippen molar-refractivity contribution in [3.8, 4) is 11.6 Å². The van der Waals surface area contributed by atoms with Crippen molar-refractivity contribution in [1.29, 1.82) is 0 Å². The molecule has 2 aromatic heterocycles. The van der Waals surface area contributed by atoms with E-state index in [0.29, 0.717) is 17.6 Å². The van der Waals surface area contributed by atoms with Crippen LogP contribution >= 0.6 is 0 Å². The van der Waals surface area contributed by atoms with E-state index in [1.165, 1.54) is 0 Å². The average molecular weight is 291 g/mol. The van der Waals surface area contributed by atoms with Crippen molar-refractivity contribution in [2.24, 2.45) is 0 Å². The van der Waals surface area contributed by atoms with E-state index in [0.717, 1.165) is 45.0 Å². The lowest BCUT2D eigenvalue weighted by atomic mass is 10.2. The van der Waals surface area contributed by atoms with E-state index in [4.69, 9.17) is 4.52 Å². The maximum absolute atomic E-state index is 5.28. The van der Waals surface area contributed by atoms with Gasteiger partial charge in [0.15, 0.2) is 11.5 Å². The monoisotopic (exact) mass is 291 g/mol. The fourth-order valence-corrected chi connectivity index (χ4v) is 2.27. The minimum Gasteiger partial charge on any atom is -0.332 e. The molecule has 0 amide bonds. The fourth-order valence-electron chi connectivity index (χ4n) is 2.27. The van der Waals surface area contributed by atoms with Gasteiger partial charge < -0.3 is 14.7 Å². The quantitative estimate of drug-likeness (QED) is 0.788. The third-order valence-corrected chi connectivity index (χ3v) is 3.88. The third-order valence-electron chi connectivity index (χ3n) is 3.88. The van der Waals surface area contributed by atoms with Crippen LogP contribution in [0.1, 0.15) is 25.7 Å². The van der Waals surface area contributed by atoms with E-state index in [2.05, 4.69) is 44.5 Å². The van der Waals surface area contributed by atoms with Gasteiger partial charge in [-0.15, -0.1) is 5.10 Å². The van der Waals surface area contributed by atoms with Gasteiger partial charge in [-0.1, -0.05) is 24.2 Å².